The molecule has 0 aliphatic carbocycles. The van der Waals surface area contributed by atoms with Gasteiger partial charge in [0.05, 0.1) is 11.4 Å². The third kappa shape index (κ3) is 3.73. The standard InChI is InChI=1S/C10H18N4O3S/c1-4-14-7-8(11)9(12-14)10(15)13(2)5-6-18(3,16)17/h7H,4-6,11H2,1-3H3. The Morgan fingerprint density at radius 2 is 2.17 bits per heavy atom. The quantitative estimate of drug-likeness (QED) is 0.788. The Hall–Kier alpha value is -1.57. The van der Waals surface area contributed by atoms with Crippen LogP contribution in [0.25, 0.3) is 0 Å². The molecule has 0 saturated heterocycles. The van der Waals surface area contributed by atoms with Crippen LogP contribution in [-0.2, 0) is 16.4 Å². The summed E-state index contributed by atoms with van der Waals surface area (Å²) in [4.78, 5) is 13.3. The van der Waals surface area contributed by atoms with Crippen LogP contribution in [0.3, 0.4) is 0 Å². The molecule has 1 aromatic rings. The maximum atomic E-state index is 12.0. The summed E-state index contributed by atoms with van der Waals surface area (Å²) in [7, 11) is -1.57. The van der Waals surface area contributed by atoms with Crippen molar-refractivity contribution in [1.29, 1.82) is 0 Å². The number of rotatable bonds is 5. The summed E-state index contributed by atoms with van der Waals surface area (Å²) in [5, 5.41) is 4.04. The van der Waals surface area contributed by atoms with Crippen molar-refractivity contribution < 1.29 is 13.2 Å². The zero-order valence-electron chi connectivity index (χ0n) is 10.8. The highest BCUT2D eigenvalue weighted by Crippen LogP contribution is 2.11. The zero-order chi connectivity index (χ0) is 13.9. The van der Waals surface area contributed by atoms with E-state index in [-0.39, 0.29) is 23.9 Å². The van der Waals surface area contributed by atoms with E-state index < -0.39 is 9.84 Å². The van der Waals surface area contributed by atoms with Crippen LogP contribution in [0.2, 0.25) is 0 Å². The maximum Gasteiger partial charge on any atom is 0.276 e. The molecule has 2 N–H and O–H groups in total. The van der Waals surface area contributed by atoms with Crippen LogP contribution >= 0.6 is 0 Å². The molecule has 0 atom stereocenters. The highest BCUT2D eigenvalue weighted by Gasteiger charge is 2.19. The molecule has 18 heavy (non-hydrogen) atoms. The number of nitrogens with zero attached hydrogens (tertiary/aromatic N) is 3. The summed E-state index contributed by atoms with van der Waals surface area (Å²) in [6.07, 6.45) is 2.71. The maximum absolute atomic E-state index is 12.0. The predicted molar refractivity (Wildman–Crippen MR) is 69.0 cm³/mol. The molecule has 0 aliphatic heterocycles. The molecule has 0 radical (unpaired) electrons. The molecule has 1 aromatic heterocycles. The molecule has 0 aromatic carbocycles. The van der Waals surface area contributed by atoms with Gasteiger partial charge < -0.3 is 10.6 Å². The average Bonchev–Trinajstić information content (AvgIpc) is 2.65. The number of aryl methyl sites for hydroxylation is 1. The van der Waals surface area contributed by atoms with Crippen molar-refractivity contribution in [1.82, 2.24) is 14.7 Å². The molecule has 1 heterocycles. The van der Waals surface area contributed by atoms with Gasteiger partial charge in [0, 0.05) is 32.6 Å². The fraction of sp³-hybridized carbons (Fsp3) is 0.600. The first kappa shape index (κ1) is 14.5. The Labute approximate surface area is 106 Å². The van der Waals surface area contributed by atoms with Crippen LogP contribution < -0.4 is 5.73 Å². The minimum Gasteiger partial charge on any atom is -0.396 e. The van der Waals surface area contributed by atoms with Gasteiger partial charge >= 0.3 is 0 Å². The molecule has 0 fully saturated rings. The van der Waals surface area contributed by atoms with Gasteiger partial charge in [-0.05, 0) is 6.92 Å². The van der Waals surface area contributed by atoms with E-state index >= 15 is 0 Å². The molecular weight excluding hydrogens is 256 g/mol. The first-order valence-electron chi connectivity index (χ1n) is 5.50. The van der Waals surface area contributed by atoms with E-state index in [2.05, 4.69) is 5.10 Å². The van der Waals surface area contributed by atoms with Gasteiger partial charge in [-0.3, -0.25) is 9.48 Å². The van der Waals surface area contributed by atoms with Gasteiger partial charge in [0.25, 0.3) is 5.91 Å². The second-order valence-corrected chi connectivity index (χ2v) is 6.41. The largest absolute Gasteiger partial charge is 0.396 e. The van der Waals surface area contributed by atoms with Crippen molar-refractivity contribution in [3.63, 3.8) is 0 Å². The SMILES string of the molecule is CCn1cc(N)c(C(=O)N(C)CCS(C)(=O)=O)n1. The Balaban J connectivity index is 2.77. The van der Waals surface area contributed by atoms with E-state index in [1.807, 2.05) is 6.92 Å². The van der Waals surface area contributed by atoms with Crippen molar-refractivity contribution in [2.24, 2.45) is 0 Å². The number of sulfone groups is 1. The summed E-state index contributed by atoms with van der Waals surface area (Å²) in [6.45, 7) is 2.62. The second-order valence-electron chi connectivity index (χ2n) is 4.15. The fourth-order valence-electron chi connectivity index (χ4n) is 1.35. The van der Waals surface area contributed by atoms with Gasteiger partial charge in [0.1, 0.15) is 9.84 Å². The lowest BCUT2D eigenvalue weighted by atomic mass is 10.3. The Morgan fingerprint density at radius 3 is 2.61 bits per heavy atom. The number of carbonyl (C=O) groups excluding carboxylic acids is 1. The molecule has 1 amide bonds. The molecule has 0 bridgehead atoms. The number of nitrogen functional groups attached to an aromatic ring is 1. The van der Waals surface area contributed by atoms with Gasteiger partial charge in [-0.2, -0.15) is 5.10 Å². The van der Waals surface area contributed by atoms with Gasteiger partial charge in [0.2, 0.25) is 0 Å². The van der Waals surface area contributed by atoms with Crippen molar-refractivity contribution in [2.45, 2.75) is 13.5 Å². The summed E-state index contributed by atoms with van der Waals surface area (Å²) in [5.41, 5.74) is 6.15. The molecule has 8 heteroatoms. The Morgan fingerprint density at radius 1 is 1.56 bits per heavy atom. The molecule has 0 unspecified atom stereocenters. The minimum atomic E-state index is -3.10. The summed E-state index contributed by atoms with van der Waals surface area (Å²) in [5.74, 6) is -0.452. The molecule has 7 nitrogen and oxygen atoms in total. The second kappa shape index (κ2) is 5.38. The number of hydrogen-bond donors (Lipinski definition) is 1. The van der Waals surface area contributed by atoms with E-state index in [1.165, 1.54) is 11.9 Å². The van der Waals surface area contributed by atoms with E-state index in [9.17, 15) is 13.2 Å². The number of hydrogen-bond acceptors (Lipinski definition) is 5. The Kier molecular flexibility index (Phi) is 4.33. The van der Waals surface area contributed by atoms with Crippen LogP contribution in [-0.4, -0.2) is 54.6 Å². The summed E-state index contributed by atoms with van der Waals surface area (Å²) < 4.78 is 23.6. The number of nitrogens with two attached hydrogens (primary N) is 1. The molecule has 0 saturated carbocycles. The van der Waals surface area contributed by atoms with Crippen LogP contribution in [0, 0.1) is 0 Å². The molecule has 0 aliphatic rings. The van der Waals surface area contributed by atoms with Crippen LogP contribution in [0.1, 0.15) is 17.4 Å². The number of aromatic nitrogens is 2. The first-order valence-corrected chi connectivity index (χ1v) is 7.56. The zero-order valence-corrected chi connectivity index (χ0v) is 11.6. The van der Waals surface area contributed by atoms with Gasteiger partial charge in [-0.15, -0.1) is 0 Å². The molecule has 0 spiro atoms. The number of amides is 1. The number of anilines is 1. The lowest BCUT2D eigenvalue weighted by Gasteiger charge is -2.15. The predicted octanol–water partition coefficient (Wildman–Crippen LogP) is -0.398. The normalized spacial score (nSPS) is 11.5. The van der Waals surface area contributed by atoms with E-state index in [0.29, 0.717) is 12.2 Å². The minimum absolute atomic E-state index is 0.0797. The van der Waals surface area contributed by atoms with Crippen LogP contribution in [0.4, 0.5) is 5.69 Å². The molecule has 1 rings (SSSR count). The van der Waals surface area contributed by atoms with E-state index in [1.54, 1.807) is 10.9 Å². The van der Waals surface area contributed by atoms with Gasteiger partial charge in [-0.1, -0.05) is 0 Å². The fourth-order valence-corrected chi connectivity index (χ4v) is 1.96. The highest BCUT2D eigenvalue weighted by atomic mass is 32.2. The van der Waals surface area contributed by atoms with Crippen molar-refractivity contribution >= 4 is 21.4 Å². The smallest absolute Gasteiger partial charge is 0.276 e. The van der Waals surface area contributed by atoms with E-state index in [4.69, 9.17) is 5.73 Å². The third-order valence-corrected chi connectivity index (χ3v) is 3.38. The van der Waals surface area contributed by atoms with Gasteiger partial charge in [0.15, 0.2) is 5.69 Å². The lowest BCUT2D eigenvalue weighted by molar-refractivity contribution is 0.0798. The third-order valence-electron chi connectivity index (χ3n) is 2.46. The summed E-state index contributed by atoms with van der Waals surface area (Å²) >= 11 is 0. The monoisotopic (exact) mass is 274 g/mol. The first-order chi connectivity index (χ1) is 8.24. The van der Waals surface area contributed by atoms with Crippen LogP contribution in [0.5, 0.6) is 0 Å². The topological polar surface area (TPSA) is 98.3 Å². The average molecular weight is 274 g/mol. The van der Waals surface area contributed by atoms with Crippen molar-refractivity contribution in [3.8, 4) is 0 Å². The van der Waals surface area contributed by atoms with Crippen molar-refractivity contribution in [2.75, 3.05) is 31.3 Å². The van der Waals surface area contributed by atoms with Crippen molar-refractivity contribution in [3.05, 3.63) is 11.9 Å². The Bertz CT molecular complexity index is 535. The molecular formula is C10H18N4O3S. The summed E-state index contributed by atoms with van der Waals surface area (Å²) in [6, 6.07) is 0. The highest BCUT2D eigenvalue weighted by molar-refractivity contribution is 7.90. The number of carbonyl (C=O) groups is 1. The van der Waals surface area contributed by atoms with Gasteiger partial charge in [-0.25, -0.2) is 8.42 Å². The van der Waals surface area contributed by atoms with Crippen LogP contribution in [0.15, 0.2) is 6.20 Å². The molecule has 102 valence electrons. The lowest BCUT2D eigenvalue weighted by Crippen LogP contribution is -2.32. The van der Waals surface area contributed by atoms with E-state index in [0.717, 1.165) is 6.26 Å².